The smallest absolute Gasteiger partial charge is 0.255 e. The molecule has 0 fully saturated rings. The van der Waals surface area contributed by atoms with Gasteiger partial charge in [0.25, 0.3) is 5.56 Å². The van der Waals surface area contributed by atoms with Crippen LogP contribution in [0.25, 0.3) is 16.6 Å². The standard InChI is InChI=1S/C18H17NO/c1-12-7-6-10-16(14(12)3)19-17-9-5-4-8-15(17)13(2)11-18(19)20/h4-11H,1-3H3. The minimum absolute atomic E-state index is 0.0231. The Balaban J connectivity index is 2.48. The maximum atomic E-state index is 12.5. The molecule has 0 spiro atoms. The van der Waals surface area contributed by atoms with Gasteiger partial charge in [0.1, 0.15) is 0 Å². The van der Waals surface area contributed by atoms with Crippen LogP contribution in [0.3, 0.4) is 0 Å². The fourth-order valence-electron chi connectivity index (χ4n) is 2.67. The lowest BCUT2D eigenvalue weighted by Gasteiger charge is -2.15. The number of hydrogen-bond donors (Lipinski definition) is 0. The lowest BCUT2D eigenvalue weighted by Crippen LogP contribution is -2.19. The summed E-state index contributed by atoms with van der Waals surface area (Å²) in [5, 5.41) is 1.12. The summed E-state index contributed by atoms with van der Waals surface area (Å²) in [7, 11) is 0. The second-order valence-corrected chi connectivity index (χ2v) is 5.24. The van der Waals surface area contributed by atoms with Gasteiger partial charge < -0.3 is 0 Å². The summed E-state index contributed by atoms with van der Waals surface area (Å²) in [4.78, 5) is 12.5. The van der Waals surface area contributed by atoms with Crippen molar-refractivity contribution in [2.75, 3.05) is 0 Å². The van der Waals surface area contributed by atoms with E-state index in [0.29, 0.717) is 0 Å². The Morgan fingerprint density at radius 2 is 1.60 bits per heavy atom. The molecule has 2 heteroatoms. The number of pyridine rings is 1. The van der Waals surface area contributed by atoms with E-state index in [0.717, 1.165) is 27.7 Å². The van der Waals surface area contributed by atoms with Crippen molar-refractivity contribution in [3.05, 3.63) is 75.6 Å². The van der Waals surface area contributed by atoms with Gasteiger partial charge >= 0.3 is 0 Å². The summed E-state index contributed by atoms with van der Waals surface area (Å²) >= 11 is 0. The number of para-hydroxylation sites is 1. The van der Waals surface area contributed by atoms with Crippen LogP contribution < -0.4 is 5.56 Å². The van der Waals surface area contributed by atoms with Gasteiger partial charge in [-0.05, 0) is 49.6 Å². The average Bonchev–Trinajstić information content (AvgIpc) is 2.43. The van der Waals surface area contributed by atoms with Gasteiger partial charge in [-0.2, -0.15) is 0 Å². The third-order valence-electron chi connectivity index (χ3n) is 3.95. The SMILES string of the molecule is Cc1cccc(-n2c(=O)cc(C)c3ccccc32)c1C. The van der Waals surface area contributed by atoms with E-state index in [4.69, 9.17) is 0 Å². The van der Waals surface area contributed by atoms with Crippen molar-refractivity contribution in [2.24, 2.45) is 0 Å². The van der Waals surface area contributed by atoms with Crippen LogP contribution in [0.1, 0.15) is 16.7 Å². The molecular formula is C18H17NO. The fourth-order valence-corrected chi connectivity index (χ4v) is 2.67. The number of benzene rings is 2. The lowest BCUT2D eigenvalue weighted by atomic mass is 10.1. The van der Waals surface area contributed by atoms with Gasteiger partial charge in [0.15, 0.2) is 0 Å². The summed E-state index contributed by atoms with van der Waals surface area (Å²) in [5.74, 6) is 0. The second kappa shape index (κ2) is 4.64. The summed E-state index contributed by atoms with van der Waals surface area (Å²) < 4.78 is 1.81. The van der Waals surface area contributed by atoms with E-state index in [1.807, 2.05) is 41.8 Å². The topological polar surface area (TPSA) is 22.0 Å². The number of aromatic nitrogens is 1. The molecular weight excluding hydrogens is 246 g/mol. The highest BCUT2D eigenvalue weighted by Gasteiger charge is 2.10. The molecule has 1 aromatic heterocycles. The van der Waals surface area contributed by atoms with Crippen molar-refractivity contribution in [3.8, 4) is 5.69 Å². The first kappa shape index (κ1) is 12.7. The predicted octanol–water partition coefficient (Wildman–Crippen LogP) is 3.92. The average molecular weight is 263 g/mol. The number of aryl methyl sites for hydroxylation is 2. The summed E-state index contributed by atoms with van der Waals surface area (Å²) in [6, 6.07) is 15.8. The van der Waals surface area contributed by atoms with Gasteiger partial charge in [0.05, 0.1) is 11.2 Å². The maximum Gasteiger partial charge on any atom is 0.255 e. The van der Waals surface area contributed by atoms with Crippen LogP contribution in [-0.2, 0) is 0 Å². The molecule has 0 aliphatic rings. The van der Waals surface area contributed by atoms with Crippen molar-refractivity contribution in [1.82, 2.24) is 4.57 Å². The van der Waals surface area contributed by atoms with Gasteiger partial charge in [0.2, 0.25) is 0 Å². The van der Waals surface area contributed by atoms with Crippen molar-refractivity contribution in [1.29, 1.82) is 0 Å². The Hall–Kier alpha value is -2.35. The van der Waals surface area contributed by atoms with E-state index in [-0.39, 0.29) is 5.56 Å². The Kier molecular flexibility index (Phi) is 2.94. The van der Waals surface area contributed by atoms with Gasteiger partial charge in [-0.1, -0.05) is 30.3 Å². The largest absolute Gasteiger partial charge is 0.277 e. The number of nitrogens with zero attached hydrogens (tertiary/aromatic N) is 1. The molecule has 0 unspecified atom stereocenters. The van der Waals surface area contributed by atoms with Crippen LogP contribution in [0, 0.1) is 20.8 Å². The molecule has 20 heavy (non-hydrogen) atoms. The molecule has 0 atom stereocenters. The Bertz CT molecular complexity index is 859. The molecule has 1 heterocycles. The maximum absolute atomic E-state index is 12.5. The first-order valence-electron chi connectivity index (χ1n) is 6.77. The zero-order valence-corrected chi connectivity index (χ0v) is 12.0. The van der Waals surface area contributed by atoms with Crippen molar-refractivity contribution in [3.63, 3.8) is 0 Å². The third-order valence-corrected chi connectivity index (χ3v) is 3.95. The predicted molar refractivity (Wildman–Crippen MR) is 83.8 cm³/mol. The second-order valence-electron chi connectivity index (χ2n) is 5.24. The van der Waals surface area contributed by atoms with E-state index >= 15 is 0 Å². The summed E-state index contributed by atoms with van der Waals surface area (Å²) in [6.45, 7) is 6.11. The zero-order chi connectivity index (χ0) is 14.3. The zero-order valence-electron chi connectivity index (χ0n) is 12.0. The van der Waals surface area contributed by atoms with Crippen molar-refractivity contribution in [2.45, 2.75) is 20.8 Å². The van der Waals surface area contributed by atoms with E-state index in [1.165, 1.54) is 5.56 Å². The number of rotatable bonds is 1. The van der Waals surface area contributed by atoms with Gasteiger partial charge in [-0.15, -0.1) is 0 Å². The van der Waals surface area contributed by atoms with E-state index in [9.17, 15) is 4.79 Å². The third kappa shape index (κ3) is 1.85. The highest BCUT2D eigenvalue weighted by atomic mass is 16.1. The molecule has 100 valence electrons. The van der Waals surface area contributed by atoms with Crippen LogP contribution in [0.2, 0.25) is 0 Å². The van der Waals surface area contributed by atoms with Gasteiger partial charge in [0, 0.05) is 11.5 Å². The first-order valence-corrected chi connectivity index (χ1v) is 6.77. The van der Waals surface area contributed by atoms with Crippen LogP contribution in [-0.4, -0.2) is 4.57 Å². The van der Waals surface area contributed by atoms with Crippen molar-refractivity contribution >= 4 is 10.9 Å². The Labute approximate surface area is 118 Å². The monoisotopic (exact) mass is 263 g/mol. The van der Waals surface area contributed by atoms with E-state index in [2.05, 4.69) is 26.0 Å². The molecule has 3 rings (SSSR count). The Morgan fingerprint density at radius 1 is 0.850 bits per heavy atom. The van der Waals surface area contributed by atoms with Crippen LogP contribution in [0.5, 0.6) is 0 Å². The molecule has 0 bridgehead atoms. The minimum Gasteiger partial charge on any atom is -0.277 e. The molecule has 0 radical (unpaired) electrons. The normalized spacial score (nSPS) is 10.9. The van der Waals surface area contributed by atoms with Crippen LogP contribution in [0.15, 0.2) is 53.3 Å². The summed E-state index contributed by atoms with van der Waals surface area (Å²) in [5.41, 5.74) is 5.31. The van der Waals surface area contributed by atoms with Gasteiger partial charge in [-0.3, -0.25) is 9.36 Å². The van der Waals surface area contributed by atoms with Gasteiger partial charge in [-0.25, -0.2) is 0 Å². The number of hydrogen-bond acceptors (Lipinski definition) is 1. The minimum atomic E-state index is 0.0231. The van der Waals surface area contributed by atoms with E-state index in [1.54, 1.807) is 6.07 Å². The Morgan fingerprint density at radius 3 is 2.40 bits per heavy atom. The molecule has 0 aliphatic carbocycles. The molecule has 0 N–H and O–H groups in total. The van der Waals surface area contributed by atoms with Crippen LogP contribution >= 0.6 is 0 Å². The number of fused-ring (bicyclic) bond motifs is 1. The quantitative estimate of drug-likeness (QED) is 0.652. The molecule has 2 nitrogen and oxygen atoms in total. The molecule has 0 amide bonds. The molecule has 3 aromatic rings. The van der Waals surface area contributed by atoms with E-state index < -0.39 is 0 Å². The first-order chi connectivity index (χ1) is 9.59. The molecule has 0 saturated carbocycles. The fraction of sp³-hybridized carbons (Fsp3) is 0.167. The molecule has 0 aliphatic heterocycles. The summed E-state index contributed by atoms with van der Waals surface area (Å²) in [6.07, 6.45) is 0. The lowest BCUT2D eigenvalue weighted by molar-refractivity contribution is 1.02. The van der Waals surface area contributed by atoms with Crippen molar-refractivity contribution < 1.29 is 0 Å². The highest BCUT2D eigenvalue weighted by Crippen LogP contribution is 2.22. The van der Waals surface area contributed by atoms with Crippen LogP contribution in [0.4, 0.5) is 0 Å². The highest BCUT2D eigenvalue weighted by molar-refractivity contribution is 5.84. The molecule has 2 aromatic carbocycles. The molecule has 0 saturated heterocycles.